The van der Waals surface area contributed by atoms with Crippen LogP contribution in [0.2, 0.25) is 0 Å². The van der Waals surface area contributed by atoms with Gasteiger partial charge in [0.25, 0.3) is 0 Å². The van der Waals surface area contributed by atoms with Gasteiger partial charge in [-0.2, -0.15) is 0 Å². The zero-order chi connectivity index (χ0) is 9.47. The van der Waals surface area contributed by atoms with Gasteiger partial charge in [-0.15, -0.1) is 0 Å². The highest BCUT2D eigenvalue weighted by atomic mass is 16.2. The number of amides is 3. The molecule has 0 aromatic rings. The standard InChI is InChI=1S/C8H10N2O3/c11-5-1-2-8(7(13)10-5)3-6(12)9-4-8/h1-4H2,(H,9,12)(H,10,11,13)/t8-/m0/s1. The summed E-state index contributed by atoms with van der Waals surface area (Å²) in [7, 11) is 0. The van der Waals surface area contributed by atoms with Crippen molar-refractivity contribution in [1.29, 1.82) is 0 Å². The summed E-state index contributed by atoms with van der Waals surface area (Å²) in [4.78, 5) is 33.3. The monoisotopic (exact) mass is 182 g/mol. The minimum atomic E-state index is -0.648. The quantitative estimate of drug-likeness (QED) is 0.468. The second kappa shape index (κ2) is 2.55. The number of hydrogen-bond acceptors (Lipinski definition) is 3. The number of carbonyl (C=O) groups excluding carboxylic acids is 3. The molecule has 0 aliphatic carbocycles. The fourth-order valence-electron chi connectivity index (χ4n) is 1.83. The lowest BCUT2D eigenvalue weighted by atomic mass is 9.79. The number of nitrogens with one attached hydrogen (secondary N) is 2. The molecule has 5 nitrogen and oxygen atoms in total. The summed E-state index contributed by atoms with van der Waals surface area (Å²) in [6, 6.07) is 0. The Labute approximate surface area is 74.9 Å². The molecule has 2 rings (SSSR count). The largest absolute Gasteiger partial charge is 0.355 e. The van der Waals surface area contributed by atoms with Crippen LogP contribution in [0.3, 0.4) is 0 Å². The van der Waals surface area contributed by atoms with Crippen molar-refractivity contribution in [3.8, 4) is 0 Å². The zero-order valence-electron chi connectivity index (χ0n) is 7.05. The van der Waals surface area contributed by atoms with Crippen molar-refractivity contribution in [2.45, 2.75) is 19.3 Å². The second-order valence-corrected chi connectivity index (χ2v) is 3.61. The number of hydrogen-bond donors (Lipinski definition) is 2. The fraction of sp³-hybridized carbons (Fsp3) is 0.625. The SMILES string of the molecule is O=C1C[C@@]2(CCC(=O)NC2=O)CN1. The smallest absolute Gasteiger partial charge is 0.235 e. The van der Waals surface area contributed by atoms with Gasteiger partial charge in [-0.3, -0.25) is 19.7 Å². The molecule has 1 spiro atoms. The van der Waals surface area contributed by atoms with E-state index >= 15 is 0 Å². The number of carbonyl (C=O) groups is 3. The van der Waals surface area contributed by atoms with E-state index in [0.29, 0.717) is 19.4 Å². The van der Waals surface area contributed by atoms with E-state index in [2.05, 4.69) is 10.6 Å². The van der Waals surface area contributed by atoms with Crippen LogP contribution < -0.4 is 10.6 Å². The van der Waals surface area contributed by atoms with E-state index in [4.69, 9.17) is 0 Å². The molecule has 5 heteroatoms. The summed E-state index contributed by atoms with van der Waals surface area (Å²) in [5.41, 5.74) is -0.648. The molecular formula is C8H10N2O3. The summed E-state index contributed by atoms with van der Waals surface area (Å²) in [6.45, 7) is 0.366. The van der Waals surface area contributed by atoms with E-state index in [1.165, 1.54) is 0 Å². The van der Waals surface area contributed by atoms with Crippen molar-refractivity contribution in [2.24, 2.45) is 5.41 Å². The Hall–Kier alpha value is -1.39. The lowest BCUT2D eigenvalue weighted by Crippen LogP contribution is -2.49. The van der Waals surface area contributed by atoms with Gasteiger partial charge in [0.1, 0.15) is 0 Å². The van der Waals surface area contributed by atoms with Gasteiger partial charge in [-0.1, -0.05) is 0 Å². The van der Waals surface area contributed by atoms with E-state index in [0.717, 1.165) is 0 Å². The number of piperidine rings is 1. The van der Waals surface area contributed by atoms with Crippen LogP contribution in [0.4, 0.5) is 0 Å². The van der Waals surface area contributed by atoms with Crippen molar-refractivity contribution in [2.75, 3.05) is 6.54 Å². The van der Waals surface area contributed by atoms with Crippen LogP contribution in [0.25, 0.3) is 0 Å². The lowest BCUT2D eigenvalue weighted by Gasteiger charge is -2.29. The van der Waals surface area contributed by atoms with Crippen LogP contribution >= 0.6 is 0 Å². The number of rotatable bonds is 0. The van der Waals surface area contributed by atoms with Gasteiger partial charge in [0.2, 0.25) is 17.7 Å². The highest BCUT2D eigenvalue weighted by Crippen LogP contribution is 2.34. The molecule has 3 amide bonds. The van der Waals surface area contributed by atoms with Crippen molar-refractivity contribution >= 4 is 17.7 Å². The van der Waals surface area contributed by atoms with Gasteiger partial charge >= 0.3 is 0 Å². The highest BCUT2D eigenvalue weighted by Gasteiger charge is 2.47. The molecule has 2 aliphatic rings. The van der Waals surface area contributed by atoms with Crippen molar-refractivity contribution < 1.29 is 14.4 Å². The summed E-state index contributed by atoms with van der Waals surface area (Å²) in [5, 5.41) is 4.88. The van der Waals surface area contributed by atoms with E-state index in [1.54, 1.807) is 0 Å². The first kappa shape index (κ1) is 8.22. The Morgan fingerprint density at radius 1 is 1.15 bits per heavy atom. The maximum Gasteiger partial charge on any atom is 0.235 e. The topological polar surface area (TPSA) is 75.3 Å². The Kier molecular flexibility index (Phi) is 1.61. The maximum absolute atomic E-state index is 11.5. The van der Waals surface area contributed by atoms with Gasteiger partial charge in [0.15, 0.2) is 0 Å². The molecule has 2 aliphatic heterocycles. The van der Waals surface area contributed by atoms with Crippen LogP contribution in [-0.2, 0) is 14.4 Å². The second-order valence-electron chi connectivity index (χ2n) is 3.61. The molecule has 2 saturated heterocycles. The molecular weight excluding hydrogens is 172 g/mol. The van der Waals surface area contributed by atoms with Gasteiger partial charge in [-0.05, 0) is 6.42 Å². The Bertz CT molecular complexity index is 300. The first-order valence-corrected chi connectivity index (χ1v) is 4.23. The Morgan fingerprint density at radius 3 is 2.46 bits per heavy atom. The minimum Gasteiger partial charge on any atom is -0.355 e. The van der Waals surface area contributed by atoms with Crippen molar-refractivity contribution in [3.63, 3.8) is 0 Å². The van der Waals surface area contributed by atoms with Gasteiger partial charge in [0, 0.05) is 19.4 Å². The third-order valence-electron chi connectivity index (χ3n) is 2.69. The Morgan fingerprint density at radius 2 is 1.92 bits per heavy atom. The van der Waals surface area contributed by atoms with Gasteiger partial charge in [-0.25, -0.2) is 0 Å². The summed E-state index contributed by atoms with van der Waals surface area (Å²) in [6.07, 6.45) is 1.03. The molecule has 0 radical (unpaired) electrons. The van der Waals surface area contributed by atoms with E-state index in [1.807, 2.05) is 0 Å². The summed E-state index contributed by atoms with van der Waals surface area (Å²) < 4.78 is 0. The average molecular weight is 182 g/mol. The average Bonchev–Trinajstić information content (AvgIpc) is 2.43. The van der Waals surface area contributed by atoms with Crippen LogP contribution in [0.15, 0.2) is 0 Å². The summed E-state index contributed by atoms with van der Waals surface area (Å²) >= 11 is 0. The predicted molar refractivity (Wildman–Crippen MR) is 42.4 cm³/mol. The highest BCUT2D eigenvalue weighted by molar-refractivity contribution is 6.03. The van der Waals surface area contributed by atoms with Gasteiger partial charge < -0.3 is 5.32 Å². The van der Waals surface area contributed by atoms with E-state index in [-0.39, 0.29) is 24.1 Å². The fourth-order valence-corrected chi connectivity index (χ4v) is 1.83. The van der Waals surface area contributed by atoms with Crippen molar-refractivity contribution in [3.05, 3.63) is 0 Å². The molecule has 0 aromatic carbocycles. The Balaban J connectivity index is 2.19. The normalized spacial score (nSPS) is 33.4. The zero-order valence-corrected chi connectivity index (χ0v) is 7.05. The third-order valence-corrected chi connectivity index (χ3v) is 2.69. The molecule has 0 unspecified atom stereocenters. The first-order chi connectivity index (χ1) is 6.12. The third kappa shape index (κ3) is 1.20. The van der Waals surface area contributed by atoms with Crippen LogP contribution in [0.5, 0.6) is 0 Å². The molecule has 13 heavy (non-hydrogen) atoms. The maximum atomic E-state index is 11.5. The van der Waals surface area contributed by atoms with Crippen molar-refractivity contribution in [1.82, 2.24) is 10.6 Å². The van der Waals surface area contributed by atoms with E-state index in [9.17, 15) is 14.4 Å². The minimum absolute atomic E-state index is 0.107. The molecule has 70 valence electrons. The molecule has 0 aromatic heterocycles. The number of imide groups is 1. The molecule has 0 bridgehead atoms. The first-order valence-electron chi connectivity index (χ1n) is 4.23. The molecule has 2 fully saturated rings. The van der Waals surface area contributed by atoms with Gasteiger partial charge in [0.05, 0.1) is 5.41 Å². The molecule has 1 atom stereocenters. The van der Waals surface area contributed by atoms with Crippen LogP contribution in [-0.4, -0.2) is 24.3 Å². The van der Waals surface area contributed by atoms with Crippen LogP contribution in [0, 0.1) is 5.41 Å². The lowest BCUT2D eigenvalue weighted by molar-refractivity contribution is -0.142. The van der Waals surface area contributed by atoms with Crippen LogP contribution in [0.1, 0.15) is 19.3 Å². The molecule has 2 heterocycles. The molecule has 2 N–H and O–H groups in total. The predicted octanol–water partition coefficient (Wildman–Crippen LogP) is -1.07. The molecule has 0 saturated carbocycles. The summed E-state index contributed by atoms with van der Waals surface area (Å²) in [5.74, 6) is -0.651. The van der Waals surface area contributed by atoms with E-state index < -0.39 is 5.41 Å².